The van der Waals surface area contributed by atoms with Crippen molar-refractivity contribution in [1.29, 1.82) is 0 Å². The molecule has 1 unspecified atom stereocenters. The van der Waals surface area contributed by atoms with Crippen LogP contribution in [0.2, 0.25) is 0 Å². The van der Waals surface area contributed by atoms with Gasteiger partial charge in [-0.2, -0.15) is 0 Å². The van der Waals surface area contributed by atoms with Crippen LogP contribution in [0.1, 0.15) is 30.5 Å². The summed E-state index contributed by atoms with van der Waals surface area (Å²) in [6.45, 7) is 8.34. The van der Waals surface area contributed by atoms with Gasteiger partial charge in [0.05, 0.1) is 0 Å². The lowest BCUT2D eigenvalue weighted by Gasteiger charge is -2.06. The van der Waals surface area contributed by atoms with Gasteiger partial charge in [-0.1, -0.05) is 29.8 Å². The highest BCUT2D eigenvalue weighted by atomic mass is 14.6. The Labute approximate surface area is 86.6 Å². The molecule has 0 saturated carbocycles. The van der Waals surface area contributed by atoms with E-state index < -0.39 is 0 Å². The lowest BCUT2D eigenvalue weighted by atomic mass is 10.0. The van der Waals surface area contributed by atoms with Gasteiger partial charge >= 0.3 is 0 Å². The Bertz CT molecular complexity index is 348. The van der Waals surface area contributed by atoms with Crippen molar-refractivity contribution < 1.29 is 0 Å². The van der Waals surface area contributed by atoms with Crippen molar-refractivity contribution in [3.8, 4) is 0 Å². The van der Waals surface area contributed by atoms with Crippen molar-refractivity contribution in [3.05, 3.63) is 40.5 Å². The summed E-state index contributed by atoms with van der Waals surface area (Å²) in [4.78, 5) is 0. The molecule has 0 spiro atoms. The van der Waals surface area contributed by atoms with E-state index in [0.29, 0.717) is 0 Å². The van der Waals surface area contributed by atoms with Crippen molar-refractivity contribution in [3.63, 3.8) is 0 Å². The predicted molar refractivity (Wildman–Crippen MR) is 63.2 cm³/mol. The molecular formula is C13H19N. The Kier molecular flexibility index (Phi) is 3.48. The molecule has 0 fully saturated rings. The van der Waals surface area contributed by atoms with Gasteiger partial charge < -0.3 is 5.73 Å². The summed E-state index contributed by atoms with van der Waals surface area (Å²) in [5.41, 5.74) is 10.9. The van der Waals surface area contributed by atoms with Crippen LogP contribution in [0.4, 0.5) is 0 Å². The van der Waals surface area contributed by atoms with Gasteiger partial charge in [-0.05, 0) is 44.4 Å². The van der Waals surface area contributed by atoms with Crippen LogP contribution in [0.3, 0.4) is 0 Å². The van der Waals surface area contributed by atoms with E-state index in [9.17, 15) is 0 Å². The van der Waals surface area contributed by atoms with Crippen LogP contribution < -0.4 is 5.73 Å². The Morgan fingerprint density at radius 3 is 2.43 bits per heavy atom. The van der Waals surface area contributed by atoms with Crippen LogP contribution in [-0.2, 0) is 0 Å². The second-order valence-electron chi connectivity index (χ2n) is 4.02. The zero-order chi connectivity index (χ0) is 10.7. The third kappa shape index (κ3) is 2.71. The van der Waals surface area contributed by atoms with Crippen molar-refractivity contribution in [2.45, 2.75) is 33.7 Å². The fourth-order valence-corrected chi connectivity index (χ4v) is 1.25. The van der Waals surface area contributed by atoms with Crippen molar-refractivity contribution in [2.75, 3.05) is 0 Å². The predicted octanol–water partition coefficient (Wildman–Crippen LogP) is 3.05. The maximum atomic E-state index is 5.78. The molecule has 0 bridgehead atoms. The minimum Gasteiger partial charge on any atom is -0.324 e. The first-order valence-electron chi connectivity index (χ1n) is 5.01. The molecule has 0 aromatic heterocycles. The van der Waals surface area contributed by atoms with E-state index in [-0.39, 0.29) is 6.04 Å². The van der Waals surface area contributed by atoms with Gasteiger partial charge in [0.2, 0.25) is 0 Å². The molecular weight excluding hydrogens is 170 g/mol. The quantitative estimate of drug-likeness (QED) is 0.760. The number of hydrogen-bond acceptors (Lipinski definition) is 1. The Hall–Kier alpha value is -1.08. The zero-order valence-corrected chi connectivity index (χ0v) is 9.46. The second-order valence-corrected chi connectivity index (χ2v) is 4.02. The highest BCUT2D eigenvalue weighted by Gasteiger charge is 1.98. The lowest BCUT2D eigenvalue weighted by Crippen LogP contribution is -2.15. The number of nitrogens with two attached hydrogens (primary N) is 1. The molecule has 0 heterocycles. The summed E-state index contributed by atoms with van der Waals surface area (Å²) in [7, 11) is 0. The highest BCUT2D eigenvalue weighted by molar-refractivity contribution is 5.55. The minimum atomic E-state index is 0.136. The molecule has 2 N–H and O–H groups in total. The Morgan fingerprint density at radius 1 is 1.29 bits per heavy atom. The van der Waals surface area contributed by atoms with Crippen LogP contribution in [-0.4, -0.2) is 6.04 Å². The fraction of sp³-hybridized carbons (Fsp3) is 0.385. The first-order valence-corrected chi connectivity index (χ1v) is 5.01. The molecule has 0 aliphatic rings. The maximum absolute atomic E-state index is 5.78. The largest absolute Gasteiger partial charge is 0.324 e. The maximum Gasteiger partial charge on any atom is 0.0225 e. The number of hydrogen-bond donors (Lipinski definition) is 1. The van der Waals surface area contributed by atoms with Gasteiger partial charge in [-0.15, -0.1) is 0 Å². The summed E-state index contributed by atoms with van der Waals surface area (Å²) in [6.07, 6.45) is 2.15. The number of aryl methyl sites for hydroxylation is 2. The molecule has 0 aliphatic carbocycles. The van der Waals surface area contributed by atoms with Gasteiger partial charge in [-0.3, -0.25) is 0 Å². The molecule has 1 atom stereocenters. The fourth-order valence-electron chi connectivity index (χ4n) is 1.25. The minimum absolute atomic E-state index is 0.136. The second kappa shape index (κ2) is 4.43. The van der Waals surface area contributed by atoms with E-state index in [2.05, 4.69) is 45.0 Å². The molecule has 0 radical (unpaired) electrons. The molecule has 76 valence electrons. The van der Waals surface area contributed by atoms with Crippen molar-refractivity contribution >= 4 is 6.08 Å². The van der Waals surface area contributed by atoms with Crippen LogP contribution in [0.25, 0.3) is 6.08 Å². The van der Waals surface area contributed by atoms with E-state index >= 15 is 0 Å². The van der Waals surface area contributed by atoms with Gasteiger partial charge in [0.1, 0.15) is 0 Å². The average Bonchev–Trinajstić information content (AvgIpc) is 2.11. The first-order chi connectivity index (χ1) is 6.50. The average molecular weight is 189 g/mol. The third-order valence-electron chi connectivity index (χ3n) is 2.64. The third-order valence-corrected chi connectivity index (χ3v) is 2.64. The molecule has 14 heavy (non-hydrogen) atoms. The summed E-state index contributed by atoms with van der Waals surface area (Å²) in [5, 5.41) is 0. The molecule has 1 heteroatoms. The highest BCUT2D eigenvalue weighted by Crippen LogP contribution is 2.13. The molecule has 1 aromatic rings. The van der Waals surface area contributed by atoms with Crippen molar-refractivity contribution in [1.82, 2.24) is 0 Å². The summed E-state index contributed by atoms with van der Waals surface area (Å²) in [6, 6.07) is 6.61. The lowest BCUT2D eigenvalue weighted by molar-refractivity contribution is 0.868. The van der Waals surface area contributed by atoms with Crippen LogP contribution in [0.5, 0.6) is 0 Å². The summed E-state index contributed by atoms with van der Waals surface area (Å²) in [5.74, 6) is 0. The zero-order valence-electron chi connectivity index (χ0n) is 9.46. The molecule has 1 rings (SSSR count). The van der Waals surface area contributed by atoms with E-state index in [0.717, 1.165) is 0 Å². The normalized spacial score (nSPS) is 14.2. The summed E-state index contributed by atoms with van der Waals surface area (Å²) < 4.78 is 0. The number of benzene rings is 1. The van der Waals surface area contributed by atoms with E-state index in [1.165, 1.54) is 22.3 Å². The monoisotopic (exact) mass is 189 g/mol. The van der Waals surface area contributed by atoms with Crippen LogP contribution in [0.15, 0.2) is 23.8 Å². The van der Waals surface area contributed by atoms with Crippen LogP contribution in [0, 0.1) is 13.8 Å². The Morgan fingerprint density at radius 2 is 1.93 bits per heavy atom. The van der Waals surface area contributed by atoms with Gasteiger partial charge in [0, 0.05) is 6.04 Å². The standard InChI is InChI=1S/C13H19N/c1-9-5-6-13(7-10(9)2)8-11(3)12(4)14/h5-8,12H,14H2,1-4H3/b11-8+. The number of rotatable bonds is 2. The molecule has 0 saturated heterocycles. The molecule has 1 nitrogen and oxygen atoms in total. The summed E-state index contributed by atoms with van der Waals surface area (Å²) >= 11 is 0. The molecule has 0 amide bonds. The Balaban J connectivity index is 2.98. The SMILES string of the molecule is C/C(=C\c1ccc(C)c(C)c1)C(C)N. The van der Waals surface area contributed by atoms with Gasteiger partial charge in [0.15, 0.2) is 0 Å². The molecule has 1 aromatic carbocycles. The first kappa shape index (κ1) is 11.0. The van der Waals surface area contributed by atoms with E-state index in [4.69, 9.17) is 5.73 Å². The topological polar surface area (TPSA) is 26.0 Å². The van der Waals surface area contributed by atoms with Crippen LogP contribution >= 0.6 is 0 Å². The van der Waals surface area contributed by atoms with E-state index in [1.54, 1.807) is 0 Å². The van der Waals surface area contributed by atoms with E-state index in [1.807, 2.05) is 6.92 Å². The van der Waals surface area contributed by atoms with Crippen molar-refractivity contribution in [2.24, 2.45) is 5.73 Å². The smallest absolute Gasteiger partial charge is 0.0225 e. The van der Waals surface area contributed by atoms with Gasteiger partial charge in [0.25, 0.3) is 0 Å². The molecule has 0 aliphatic heterocycles. The van der Waals surface area contributed by atoms with Gasteiger partial charge in [-0.25, -0.2) is 0 Å².